The summed E-state index contributed by atoms with van der Waals surface area (Å²) in [6.45, 7) is 8.07. The molecule has 0 unspecified atom stereocenters. The third kappa shape index (κ3) is 5.62. The summed E-state index contributed by atoms with van der Waals surface area (Å²) in [7, 11) is 3.50. The van der Waals surface area contributed by atoms with Gasteiger partial charge < -0.3 is 9.64 Å². The molecule has 1 fully saturated rings. The van der Waals surface area contributed by atoms with Gasteiger partial charge in [-0.05, 0) is 62.6 Å². The van der Waals surface area contributed by atoms with Gasteiger partial charge in [0.2, 0.25) is 5.91 Å². The van der Waals surface area contributed by atoms with Crippen molar-refractivity contribution in [3.05, 3.63) is 70.5 Å². The lowest BCUT2D eigenvalue weighted by molar-refractivity contribution is -0.135. The topological polar surface area (TPSA) is 71.7 Å². The number of ether oxygens (including phenoxy) is 1. The summed E-state index contributed by atoms with van der Waals surface area (Å²) in [5.74, 6) is 0.949. The van der Waals surface area contributed by atoms with Crippen LogP contribution in [0.15, 0.2) is 52.0 Å². The zero-order chi connectivity index (χ0) is 24.2. The third-order valence-corrected chi connectivity index (χ3v) is 7.62. The minimum absolute atomic E-state index is 0.102. The van der Waals surface area contributed by atoms with Crippen molar-refractivity contribution in [3.63, 3.8) is 0 Å². The van der Waals surface area contributed by atoms with Gasteiger partial charge in [-0.3, -0.25) is 9.69 Å². The molecule has 7 nitrogen and oxygen atoms in total. The van der Waals surface area contributed by atoms with E-state index in [9.17, 15) is 4.79 Å². The van der Waals surface area contributed by atoms with Gasteiger partial charge in [-0.25, -0.2) is 4.63 Å². The number of carbonyl (C=O) groups excluding carboxylic acids is 1. The minimum atomic E-state index is -0.194. The van der Waals surface area contributed by atoms with Crippen LogP contribution in [-0.2, 0) is 17.9 Å². The van der Waals surface area contributed by atoms with Gasteiger partial charge >= 0.3 is 0 Å². The number of carbonyl (C=O) groups is 1. The fraction of sp³-hybridized carbons (Fsp3) is 0.423. The maximum absolute atomic E-state index is 13.6. The van der Waals surface area contributed by atoms with Crippen LogP contribution in [0.25, 0.3) is 0 Å². The van der Waals surface area contributed by atoms with Crippen molar-refractivity contribution >= 4 is 17.7 Å². The quantitative estimate of drug-likeness (QED) is 0.473. The Kier molecular flexibility index (Phi) is 7.58. The monoisotopic (exact) mass is 480 g/mol. The average Bonchev–Trinajstić information content (AvgIpc) is 3.41. The molecular weight excluding hydrogens is 448 g/mol. The van der Waals surface area contributed by atoms with Gasteiger partial charge in [0.05, 0.1) is 19.7 Å². The van der Waals surface area contributed by atoms with Gasteiger partial charge in [-0.2, -0.15) is 0 Å². The molecule has 8 heteroatoms. The van der Waals surface area contributed by atoms with E-state index in [4.69, 9.17) is 9.37 Å². The summed E-state index contributed by atoms with van der Waals surface area (Å²) in [6, 6.07) is 14.5. The van der Waals surface area contributed by atoms with E-state index in [1.54, 1.807) is 12.0 Å². The number of thioether (sulfide) groups is 1. The van der Waals surface area contributed by atoms with Crippen LogP contribution in [0.2, 0.25) is 0 Å². The fourth-order valence-corrected chi connectivity index (χ4v) is 5.59. The molecule has 1 aromatic heterocycles. The minimum Gasteiger partial charge on any atom is -0.497 e. The highest BCUT2D eigenvalue weighted by Crippen LogP contribution is 2.35. The van der Waals surface area contributed by atoms with Gasteiger partial charge in [-0.15, -0.1) is 11.8 Å². The Balaban J connectivity index is 1.52. The lowest BCUT2D eigenvalue weighted by Crippen LogP contribution is -2.43. The molecule has 0 radical (unpaired) electrons. The van der Waals surface area contributed by atoms with Crippen molar-refractivity contribution in [2.45, 2.75) is 56.5 Å². The van der Waals surface area contributed by atoms with Crippen LogP contribution in [-0.4, -0.2) is 58.0 Å². The summed E-state index contributed by atoms with van der Waals surface area (Å²) < 4.78 is 10.1. The normalized spacial score (nSPS) is 18.3. The summed E-state index contributed by atoms with van der Waals surface area (Å²) in [6.07, 6.45) is 0.792. The number of likely N-dealkylation sites (tertiary alicyclic amines) is 1. The zero-order valence-electron chi connectivity index (χ0n) is 20.4. The summed E-state index contributed by atoms with van der Waals surface area (Å²) in [4.78, 5) is 18.9. The Bertz CT molecular complexity index is 1130. The van der Waals surface area contributed by atoms with E-state index in [0.717, 1.165) is 25.3 Å². The van der Waals surface area contributed by atoms with Crippen molar-refractivity contribution < 1.29 is 14.2 Å². The van der Waals surface area contributed by atoms with E-state index in [2.05, 4.69) is 59.4 Å². The maximum Gasteiger partial charge on any atom is 0.240 e. The number of benzene rings is 2. The molecule has 0 saturated carbocycles. The predicted molar refractivity (Wildman–Crippen MR) is 133 cm³/mol. The van der Waals surface area contributed by atoms with Crippen molar-refractivity contribution in [2.24, 2.45) is 0 Å². The van der Waals surface area contributed by atoms with E-state index in [1.165, 1.54) is 21.6 Å². The zero-order valence-corrected chi connectivity index (χ0v) is 21.3. The molecule has 0 bridgehead atoms. The highest BCUT2D eigenvalue weighted by molar-refractivity contribution is 8.00. The molecule has 2 aromatic carbocycles. The molecule has 1 amide bonds. The highest BCUT2D eigenvalue weighted by Gasteiger charge is 2.39. The number of hydrogen-bond donors (Lipinski definition) is 0. The van der Waals surface area contributed by atoms with E-state index in [-0.39, 0.29) is 11.9 Å². The van der Waals surface area contributed by atoms with E-state index < -0.39 is 0 Å². The number of aromatic nitrogens is 2. The molecule has 0 spiro atoms. The second-order valence-corrected chi connectivity index (χ2v) is 10.4. The highest BCUT2D eigenvalue weighted by atomic mass is 32.2. The van der Waals surface area contributed by atoms with E-state index in [1.807, 2.05) is 37.9 Å². The molecule has 4 rings (SSSR count). The van der Waals surface area contributed by atoms with Crippen LogP contribution in [0, 0.1) is 20.8 Å². The van der Waals surface area contributed by atoms with Gasteiger partial charge in [0.1, 0.15) is 17.1 Å². The molecule has 1 saturated heterocycles. The summed E-state index contributed by atoms with van der Waals surface area (Å²) in [5, 5.41) is 8.11. The second-order valence-electron chi connectivity index (χ2n) is 9.02. The number of methoxy groups -OCH3 is 1. The molecule has 1 aliphatic rings. The fourth-order valence-electron chi connectivity index (χ4n) is 4.36. The Labute approximate surface area is 205 Å². The predicted octanol–water partition coefficient (Wildman–Crippen LogP) is 4.40. The number of nitrogens with zero attached hydrogens (tertiary/aromatic N) is 4. The Morgan fingerprint density at radius 3 is 2.62 bits per heavy atom. The maximum atomic E-state index is 13.6. The molecule has 0 N–H and O–H groups in total. The largest absolute Gasteiger partial charge is 0.497 e. The van der Waals surface area contributed by atoms with Gasteiger partial charge in [0.15, 0.2) is 0 Å². The number of amides is 1. The van der Waals surface area contributed by atoms with Crippen molar-refractivity contribution in [3.8, 4) is 5.75 Å². The average molecular weight is 481 g/mol. The van der Waals surface area contributed by atoms with Gasteiger partial charge in [0.25, 0.3) is 0 Å². The molecule has 2 atom stereocenters. The number of aryl methyl sites for hydroxylation is 3. The van der Waals surface area contributed by atoms with E-state index >= 15 is 0 Å². The number of hydrogen-bond acceptors (Lipinski definition) is 7. The SMILES string of the molecule is COc1ccc(S[C@@H]2C[C@@H](C(=O)N(C)Cc3nonc3C)N(Cc3cc(C)ccc3C)C2)cc1. The standard InChI is InChI=1S/C26H32N4O3S/c1-17-6-7-18(2)20(12-17)14-30-15-23(34-22-10-8-21(32-5)9-11-22)13-25(30)26(31)29(4)16-24-19(3)27-33-28-24/h6-12,23,25H,13-16H2,1-5H3/t23-,25+/m1/s1. The van der Waals surface area contributed by atoms with Crippen LogP contribution < -0.4 is 4.74 Å². The smallest absolute Gasteiger partial charge is 0.240 e. The van der Waals surface area contributed by atoms with Crippen LogP contribution in [0.1, 0.15) is 34.5 Å². The first-order valence-corrected chi connectivity index (χ1v) is 12.4. The van der Waals surface area contributed by atoms with Gasteiger partial charge in [0, 0.05) is 30.3 Å². The van der Waals surface area contributed by atoms with Crippen LogP contribution in [0.3, 0.4) is 0 Å². The van der Waals surface area contributed by atoms with Crippen molar-refractivity contribution in [2.75, 3.05) is 20.7 Å². The van der Waals surface area contributed by atoms with Crippen LogP contribution in [0.5, 0.6) is 5.75 Å². The van der Waals surface area contributed by atoms with Gasteiger partial charge in [-0.1, -0.05) is 34.1 Å². The second kappa shape index (κ2) is 10.6. The third-order valence-electron chi connectivity index (χ3n) is 6.40. The first-order valence-electron chi connectivity index (χ1n) is 11.5. The summed E-state index contributed by atoms with van der Waals surface area (Å²) >= 11 is 1.83. The first kappa shape index (κ1) is 24.3. The molecule has 1 aliphatic heterocycles. The Hall–Kier alpha value is -2.84. The Morgan fingerprint density at radius 2 is 1.94 bits per heavy atom. The van der Waals surface area contributed by atoms with E-state index in [0.29, 0.717) is 23.2 Å². The molecule has 0 aliphatic carbocycles. The van der Waals surface area contributed by atoms with Crippen LogP contribution >= 0.6 is 11.8 Å². The molecular formula is C26H32N4O3S. The Morgan fingerprint density at radius 1 is 1.18 bits per heavy atom. The van der Waals surface area contributed by atoms with Crippen LogP contribution in [0.4, 0.5) is 0 Å². The number of likely N-dealkylation sites (N-methyl/N-ethyl adjacent to an activating group) is 1. The molecule has 180 valence electrons. The molecule has 34 heavy (non-hydrogen) atoms. The summed E-state index contributed by atoms with van der Waals surface area (Å²) in [5.41, 5.74) is 5.16. The number of rotatable bonds is 8. The van der Waals surface area contributed by atoms with Crippen molar-refractivity contribution in [1.29, 1.82) is 0 Å². The molecule has 3 aromatic rings. The first-order chi connectivity index (χ1) is 16.3. The van der Waals surface area contributed by atoms with Crippen molar-refractivity contribution in [1.82, 2.24) is 20.1 Å². The lowest BCUT2D eigenvalue weighted by Gasteiger charge is -2.28. The molecule has 2 heterocycles. The lowest BCUT2D eigenvalue weighted by atomic mass is 10.0.